The highest BCUT2D eigenvalue weighted by Crippen LogP contribution is 2.36. The van der Waals surface area contributed by atoms with Gasteiger partial charge >= 0.3 is 0 Å². The van der Waals surface area contributed by atoms with Gasteiger partial charge in [0, 0.05) is 12.0 Å². The van der Waals surface area contributed by atoms with Crippen molar-refractivity contribution in [3.05, 3.63) is 101 Å². The van der Waals surface area contributed by atoms with E-state index in [1.807, 2.05) is 13.0 Å². The molecular formula is C35H37NO7S. The molecule has 1 atom stereocenters. The van der Waals surface area contributed by atoms with Crippen molar-refractivity contribution in [1.29, 1.82) is 0 Å². The Morgan fingerprint density at radius 3 is 1.91 bits per heavy atom. The fourth-order valence-corrected chi connectivity index (χ4v) is 6.46. The first-order chi connectivity index (χ1) is 21.0. The summed E-state index contributed by atoms with van der Waals surface area (Å²) >= 11 is 0. The first-order valence-electron chi connectivity index (χ1n) is 14.5. The first kappa shape index (κ1) is 31.3. The van der Waals surface area contributed by atoms with E-state index in [1.54, 1.807) is 24.3 Å². The Balaban J connectivity index is 1.40. The normalized spacial score (nSPS) is 14.8. The number of benzene rings is 4. The Bertz CT molecular complexity index is 1740. The lowest BCUT2D eigenvalue weighted by Gasteiger charge is -2.18. The van der Waals surface area contributed by atoms with Crippen LogP contribution in [0.25, 0.3) is 11.1 Å². The Morgan fingerprint density at radius 2 is 1.34 bits per heavy atom. The molecule has 0 saturated carbocycles. The molecule has 4 aromatic carbocycles. The molecule has 0 aromatic heterocycles. The van der Waals surface area contributed by atoms with Crippen molar-refractivity contribution in [1.82, 2.24) is 5.32 Å². The van der Waals surface area contributed by atoms with Gasteiger partial charge in [-0.25, -0.2) is 18.2 Å². The maximum atomic E-state index is 13.2. The smallest absolute Gasteiger partial charge is 0.220 e. The summed E-state index contributed by atoms with van der Waals surface area (Å²) in [5, 5.41) is 2.86. The lowest BCUT2D eigenvalue weighted by atomic mass is 9.94. The van der Waals surface area contributed by atoms with Crippen molar-refractivity contribution < 1.29 is 32.5 Å². The van der Waals surface area contributed by atoms with Gasteiger partial charge in [0.1, 0.15) is 30.5 Å². The Morgan fingerprint density at radius 1 is 0.773 bits per heavy atom. The third-order valence-electron chi connectivity index (χ3n) is 7.99. The summed E-state index contributed by atoms with van der Waals surface area (Å²) in [5.41, 5.74) is 7.44. The molecule has 1 amide bonds. The van der Waals surface area contributed by atoms with Gasteiger partial charge in [-0.15, -0.1) is 0 Å². The number of hydrogen-bond donors (Lipinski definition) is 1. The number of ether oxygens (including phenoxy) is 2. The van der Waals surface area contributed by atoms with Crippen LogP contribution in [0.1, 0.15) is 40.7 Å². The average molecular weight is 616 g/mol. The van der Waals surface area contributed by atoms with Crippen molar-refractivity contribution in [3.63, 3.8) is 0 Å². The minimum atomic E-state index is -3.72. The number of rotatable bonds is 11. The minimum absolute atomic E-state index is 0.0177. The third kappa shape index (κ3) is 6.96. The van der Waals surface area contributed by atoms with E-state index < -0.39 is 9.84 Å². The van der Waals surface area contributed by atoms with Crippen molar-refractivity contribution in [2.45, 2.75) is 63.0 Å². The van der Waals surface area contributed by atoms with Crippen LogP contribution in [0.3, 0.4) is 0 Å². The molecule has 0 spiro atoms. The van der Waals surface area contributed by atoms with Crippen LogP contribution in [0, 0.1) is 27.7 Å². The monoisotopic (exact) mass is 615 g/mol. The molecule has 5 rings (SSSR count). The largest absolute Gasteiger partial charge is 0.497 e. The third-order valence-corrected chi connectivity index (χ3v) is 9.77. The van der Waals surface area contributed by atoms with Gasteiger partial charge in [0.05, 0.1) is 22.9 Å². The molecule has 1 fully saturated rings. The fraction of sp³-hybridized carbons (Fsp3) is 0.286. The summed E-state index contributed by atoms with van der Waals surface area (Å²) < 4.78 is 37.8. The molecule has 0 radical (unpaired) electrons. The number of sulfone groups is 1. The van der Waals surface area contributed by atoms with Crippen LogP contribution in [-0.4, -0.2) is 34.1 Å². The highest BCUT2D eigenvalue weighted by molar-refractivity contribution is 7.91. The lowest BCUT2D eigenvalue weighted by molar-refractivity contribution is -0.306. The summed E-state index contributed by atoms with van der Waals surface area (Å²) in [4.78, 5) is 22.9. The molecule has 4 aromatic rings. The number of amides is 1. The molecule has 44 heavy (non-hydrogen) atoms. The highest BCUT2D eigenvalue weighted by atomic mass is 32.2. The van der Waals surface area contributed by atoms with Gasteiger partial charge < -0.3 is 14.8 Å². The first-order valence-corrected chi connectivity index (χ1v) is 16.0. The van der Waals surface area contributed by atoms with E-state index in [1.165, 1.54) is 48.1 Å². The summed E-state index contributed by atoms with van der Waals surface area (Å²) in [6.07, 6.45) is 1.20. The summed E-state index contributed by atoms with van der Waals surface area (Å²) in [5.74, 6) is 1.67. The predicted molar refractivity (Wildman–Crippen MR) is 168 cm³/mol. The zero-order valence-corrected chi connectivity index (χ0v) is 26.4. The quantitative estimate of drug-likeness (QED) is 0.111. The van der Waals surface area contributed by atoms with E-state index >= 15 is 0 Å². The van der Waals surface area contributed by atoms with Gasteiger partial charge in [0.25, 0.3) is 0 Å². The molecular weight excluding hydrogens is 578 g/mol. The van der Waals surface area contributed by atoms with E-state index in [0.29, 0.717) is 30.1 Å². The molecule has 0 bridgehead atoms. The summed E-state index contributed by atoms with van der Waals surface area (Å²) in [7, 11) is -2.18. The van der Waals surface area contributed by atoms with Gasteiger partial charge in [0.2, 0.25) is 15.7 Å². The second kappa shape index (κ2) is 13.2. The molecule has 9 heteroatoms. The average Bonchev–Trinajstić information content (AvgIpc) is 3.44. The Hall–Kier alpha value is -4.18. The maximum absolute atomic E-state index is 13.2. The number of hydrogen-bond acceptors (Lipinski definition) is 7. The van der Waals surface area contributed by atoms with Gasteiger partial charge in [-0.2, -0.15) is 0 Å². The molecule has 8 nitrogen and oxygen atoms in total. The van der Waals surface area contributed by atoms with Crippen LogP contribution >= 0.6 is 0 Å². The van der Waals surface area contributed by atoms with Crippen LogP contribution in [-0.2, 0) is 31.0 Å². The van der Waals surface area contributed by atoms with E-state index in [2.05, 4.69) is 44.3 Å². The summed E-state index contributed by atoms with van der Waals surface area (Å²) in [6.45, 7) is 8.66. The topological polar surface area (TPSA) is 100 Å². The van der Waals surface area contributed by atoms with Crippen molar-refractivity contribution >= 4 is 15.7 Å². The van der Waals surface area contributed by atoms with Crippen molar-refractivity contribution in [2.24, 2.45) is 0 Å². The predicted octanol–water partition coefficient (Wildman–Crippen LogP) is 6.95. The molecule has 230 valence electrons. The molecule has 1 aliphatic rings. The maximum Gasteiger partial charge on any atom is 0.220 e. The zero-order chi connectivity index (χ0) is 31.4. The van der Waals surface area contributed by atoms with Crippen LogP contribution < -0.4 is 14.8 Å². The van der Waals surface area contributed by atoms with E-state index in [0.717, 1.165) is 22.3 Å². The standard InChI is InChI=1S/C35H37NO7S/c1-22-16-26(17-23(2)25(22)4)27-18-24(3)35(28(19-27)20-41-42-21-29-6-15-34(37)36-29)43-31-9-13-33(14-10-31)44(38,39)32-11-7-30(40-5)8-12-32/h7-14,16-19,29H,6,15,20-21H2,1-5H3,(H,36,37). The number of methoxy groups -OCH3 is 1. The second-order valence-corrected chi connectivity index (χ2v) is 13.1. The molecule has 1 unspecified atom stereocenters. The Kier molecular flexibility index (Phi) is 9.39. The van der Waals surface area contributed by atoms with Crippen LogP contribution in [0.2, 0.25) is 0 Å². The van der Waals surface area contributed by atoms with Gasteiger partial charge in [-0.3, -0.25) is 4.79 Å². The van der Waals surface area contributed by atoms with Crippen molar-refractivity contribution in [3.8, 4) is 28.4 Å². The minimum Gasteiger partial charge on any atom is -0.497 e. The summed E-state index contributed by atoms with van der Waals surface area (Å²) in [6, 6.07) is 21.0. The molecule has 1 saturated heterocycles. The fourth-order valence-electron chi connectivity index (χ4n) is 5.20. The number of aryl methyl sites for hydroxylation is 3. The van der Waals surface area contributed by atoms with Crippen LogP contribution in [0.5, 0.6) is 17.2 Å². The zero-order valence-electron chi connectivity index (χ0n) is 25.6. The SMILES string of the molecule is COc1ccc(S(=O)(=O)c2ccc(Oc3c(C)cc(-c4cc(C)c(C)c(C)c4)cc3COOCC3CCC(=O)N3)cc2)cc1. The van der Waals surface area contributed by atoms with Gasteiger partial charge in [-0.1, -0.05) is 12.1 Å². The lowest BCUT2D eigenvalue weighted by Crippen LogP contribution is -2.29. The van der Waals surface area contributed by atoms with E-state index in [9.17, 15) is 13.2 Å². The number of carbonyl (C=O) groups is 1. The van der Waals surface area contributed by atoms with E-state index in [-0.39, 0.29) is 35.0 Å². The molecule has 0 aliphatic carbocycles. The number of nitrogens with one attached hydrogen (secondary N) is 1. The molecule has 1 N–H and O–H groups in total. The van der Waals surface area contributed by atoms with Crippen LogP contribution in [0.4, 0.5) is 0 Å². The van der Waals surface area contributed by atoms with Crippen LogP contribution in [0.15, 0.2) is 82.6 Å². The van der Waals surface area contributed by atoms with Gasteiger partial charge in [-0.05, 0) is 128 Å². The number of carbonyl (C=O) groups excluding carboxylic acids is 1. The molecule has 1 aliphatic heterocycles. The molecule has 1 heterocycles. The Labute approximate surface area is 258 Å². The highest BCUT2D eigenvalue weighted by Gasteiger charge is 2.22. The van der Waals surface area contributed by atoms with E-state index in [4.69, 9.17) is 19.2 Å². The van der Waals surface area contributed by atoms with Gasteiger partial charge in [0.15, 0.2) is 0 Å². The van der Waals surface area contributed by atoms with Crippen molar-refractivity contribution in [2.75, 3.05) is 13.7 Å². The second-order valence-electron chi connectivity index (χ2n) is 11.1.